The molecule has 1 atom stereocenters. The van der Waals surface area contributed by atoms with Gasteiger partial charge < -0.3 is 29.0 Å². The van der Waals surface area contributed by atoms with E-state index >= 15 is 0 Å². The van der Waals surface area contributed by atoms with Crippen LogP contribution in [0.4, 0.5) is 0 Å². The molecular formula is C25H36N2O5. The average molecular weight is 445 g/mol. The molecular weight excluding hydrogens is 408 g/mol. The highest BCUT2D eigenvalue weighted by atomic mass is 16.5. The predicted octanol–water partition coefficient (Wildman–Crippen LogP) is 3.89. The zero-order valence-electron chi connectivity index (χ0n) is 19.9. The van der Waals surface area contributed by atoms with E-state index in [1.807, 2.05) is 32.0 Å². The van der Waals surface area contributed by atoms with E-state index in [1.165, 1.54) is 0 Å². The lowest BCUT2D eigenvalue weighted by Crippen LogP contribution is -2.33. The Morgan fingerprint density at radius 1 is 0.781 bits per heavy atom. The van der Waals surface area contributed by atoms with Gasteiger partial charge in [0.15, 0.2) is 23.0 Å². The molecule has 7 nitrogen and oxygen atoms in total. The van der Waals surface area contributed by atoms with Gasteiger partial charge in [-0.1, -0.05) is 6.07 Å². The molecule has 0 aliphatic carbocycles. The summed E-state index contributed by atoms with van der Waals surface area (Å²) in [5, 5.41) is 3.50. The van der Waals surface area contributed by atoms with Crippen molar-refractivity contribution in [3.63, 3.8) is 0 Å². The molecule has 1 fully saturated rings. The maximum absolute atomic E-state index is 5.93. The Hall–Kier alpha value is -2.64. The average Bonchev–Trinajstić information content (AvgIpc) is 3.09. The lowest BCUT2D eigenvalue weighted by atomic mass is 9.95. The van der Waals surface area contributed by atoms with Crippen molar-refractivity contribution in [3.8, 4) is 28.7 Å². The number of hydrogen-bond donors (Lipinski definition) is 1. The molecule has 1 heterocycles. The zero-order valence-corrected chi connectivity index (χ0v) is 19.9. The van der Waals surface area contributed by atoms with Gasteiger partial charge in [0.1, 0.15) is 0 Å². The summed E-state index contributed by atoms with van der Waals surface area (Å²) in [6.45, 7) is 9.00. The quantitative estimate of drug-likeness (QED) is 0.596. The van der Waals surface area contributed by atoms with Gasteiger partial charge in [0, 0.05) is 19.6 Å². The molecule has 176 valence electrons. The molecule has 32 heavy (non-hydrogen) atoms. The summed E-state index contributed by atoms with van der Waals surface area (Å²) in [5.74, 6) is 3.42. The number of ether oxygens (including phenoxy) is 5. The standard InChI is InChI=1S/C25H36N2O5/c1-6-31-20-10-9-18(15-21(20)32-7-2)24(27-13-8-11-26-12-14-27)19-16-22(28-3)25(30-5)23(17-19)29-4/h9-10,15-17,24,26H,6-8,11-14H2,1-5H3. The molecule has 0 amide bonds. The first-order chi connectivity index (χ1) is 15.7. The van der Waals surface area contributed by atoms with Gasteiger partial charge >= 0.3 is 0 Å². The fourth-order valence-electron chi connectivity index (χ4n) is 4.24. The fourth-order valence-corrected chi connectivity index (χ4v) is 4.24. The van der Waals surface area contributed by atoms with Crippen molar-refractivity contribution in [1.29, 1.82) is 0 Å². The van der Waals surface area contributed by atoms with Crippen LogP contribution in [0, 0.1) is 0 Å². The van der Waals surface area contributed by atoms with Gasteiger partial charge in [-0.25, -0.2) is 0 Å². The summed E-state index contributed by atoms with van der Waals surface area (Å²) in [7, 11) is 4.92. The van der Waals surface area contributed by atoms with E-state index in [9.17, 15) is 0 Å². The van der Waals surface area contributed by atoms with Gasteiger partial charge in [-0.2, -0.15) is 0 Å². The van der Waals surface area contributed by atoms with Crippen molar-refractivity contribution in [2.75, 3.05) is 60.7 Å². The first kappa shape index (κ1) is 24.0. The predicted molar refractivity (Wildman–Crippen MR) is 126 cm³/mol. The van der Waals surface area contributed by atoms with Gasteiger partial charge in [-0.3, -0.25) is 4.90 Å². The Bertz CT molecular complexity index is 840. The fraction of sp³-hybridized carbons (Fsp3) is 0.520. The normalized spacial score (nSPS) is 15.5. The molecule has 1 N–H and O–H groups in total. The molecule has 7 heteroatoms. The maximum atomic E-state index is 5.93. The van der Waals surface area contributed by atoms with Crippen LogP contribution >= 0.6 is 0 Å². The molecule has 0 aromatic heterocycles. The van der Waals surface area contributed by atoms with E-state index in [0.717, 1.165) is 55.2 Å². The van der Waals surface area contributed by atoms with E-state index in [-0.39, 0.29) is 6.04 Å². The van der Waals surface area contributed by atoms with Crippen LogP contribution in [0.25, 0.3) is 0 Å². The van der Waals surface area contributed by atoms with Crippen LogP contribution in [0.15, 0.2) is 30.3 Å². The van der Waals surface area contributed by atoms with Crippen molar-refractivity contribution >= 4 is 0 Å². The Morgan fingerprint density at radius 2 is 1.44 bits per heavy atom. The zero-order chi connectivity index (χ0) is 22.9. The second kappa shape index (κ2) is 11.8. The molecule has 0 radical (unpaired) electrons. The SMILES string of the molecule is CCOc1ccc(C(c2cc(OC)c(OC)c(OC)c2)N2CCCNCC2)cc1OCC. The molecule has 2 aromatic rings. The van der Waals surface area contributed by atoms with Gasteiger partial charge in [0.05, 0.1) is 40.6 Å². The molecule has 1 aliphatic heterocycles. The second-order valence-electron chi connectivity index (χ2n) is 7.57. The Labute approximate surface area is 191 Å². The number of hydrogen-bond acceptors (Lipinski definition) is 7. The number of methoxy groups -OCH3 is 3. The van der Waals surface area contributed by atoms with Gasteiger partial charge in [-0.15, -0.1) is 0 Å². The largest absolute Gasteiger partial charge is 0.493 e. The first-order valence-corrected chi connectivity index (χ1v) is 11.3. The molecule has 1 unspecified atom stereocenters. The summed E-state index contributed by atoms with van der Waals surface area (Å²) >= 11 is 0. The van der Waals surface area contributed by atoms with Gasteiger partial charge in [0.2, 0.25) is 5.75 Å². The van der Waals surface area contributed by atoms with Gasteiger partial charge in [0.25, 0.3) is 0 Å². The summed E-state index contributed by atoms with van der Waals surface area (Å²) in [6.07, 6.45) is 1.08. The highest BCUT2D eigenvalue weighted by molar-refractivity contribution is 5.56. The summed E-state index contributed by atoms with van der Waals surface area (Å²) < 4.78 is 28.6. The van der Waals surface area contributed by atoms with E-state index in [2.05, 4.69) is 22.3 Å². The van der Waals surface area contributed by atoms with Crippen LogP contribution in [0.1, 0.15) is 37.4 Å². The van der Waals surface area contributed by atoms with Crippen molar-refractivity contribution in [3.05, 3.63) is 41.5 Å². The van der Waals surface area contributed by atoms with Crippen LogP contribution in [-0.2, 0) is 0 Å². The monoisotopic (exact) mass is 444 g/mol. The lowest BCUT2D eigenvalue weighted by Gasteiger charge is -2.32. The Balaban J connectivity index is 2.14. The Kier molecular flexibility index (Phi) is 8.88. The Morgan fingerprint density at radius 3 is 2.06 bits per heavy atom. The van der Waals surface area contributed by atoms with Crippen LogP contribution in [-0.4, -0.2) is 65.6 Å². The first-order valence-electron chi connectivity index (χ1n) is 11.3. The van der Waals surface area contributed by atoms with Crippen molar-refractivity contribution in [2.45, 2.75) is 26.3 Å². The third kappa shape index (κ3) is 5.40. The summed E-state index contributed by atoms with van der Waals surface area (Å²) in [4.78, 5) is 2.49. The maximum Gasteiger partial charge on any atom is 0.203 e. The van der Waals surface area contributed by atoms with Crippen molar-refractivity contribution in [1.82, 2.24) is 10.2 Å². The lowest BCUT2D eigenvalue weighted by molar-refractivity contribution is 0.237. The minimum atomic E-state index is -0.00140. The van der Waals surface area contributed by atoms with Gasteiger partial charge in [-0.05, 0) is 62.2 Å². The van der Waals surface area contributed by atoms with Crippen LogP contribution < -0.4 is 29.0 Å². The van der Waals surface area contributed by atoms with E-state index in [4.69, 9.17) is 23.7 Å². The molecule has 1 saturated heterocycles. The van der Waals surface area contributed by atoms with Crippen LogP contribution in [0.2, 0.25) is 0 Å². The molecule has 3 rings (SSSR count). The summed E-state index contributed by atoms with van der Waals surface area (Å²) in [6, 6.07) is 10.3. The van der Waals surface area contributed by atoms with Crippen LogP contribution in [0.3, 0.4) is 0 Å². The number of rotatable bonds is 10. The molecule has 0 saturated carbocycles. The third-order valence-corrected chi connectivity index (χ3v) is 5.63. The number of benzene rings is 2. The van der Waals surface area contributed by atoms with E-state index in [0.29, 0.717) is 30.5 Å². The minimum Gasteiger partial charge on any atom is -0.493 e. The van der Waals surface area contributed by atoms with Crippen LogP contribution in [0.5, 0.6) is 28.7 Å². The van der Waals surface area contributed by atoms with Crippen molar-refractivity contribution in [2.24, 2.45) is 0 Å². The minimum absolute atomic E-state index is 0.00140. The molecule has 2 aromatic carbocycles. The number of nitrogens with zero attached hydrogens (tertiary/aromatic N) is 1. The van der Waals surface area contributed by atoms with E-state index in [1.54, 1.807) is 21.3 Å². The molecule has 0 bridgehead atoms. The third-order valence-electron chi connectivity index (χ3n) is 5.63. The molecule has 1 aliphatic rings. The number of nitrogens with one attached hydrogen (secondary N) is 1. The van der Waals surface area contributed by atoms with Crippen molar-refractivity contribution < 1.29 is 23.7 Å². The summed E-state index contributed by atoms with van der Waals surface area (Å²) in [5.41, 5.74) is 2.21. The highest BCUT2D eigenvalue weighted by Gasteiger charge is 2.27. The highest BCUT2D eigenvalue weighted by Crippen LogP contribution is 2.43. The molecule has 0 spiro atoms. The topological polar surface area (TPSA) is 61.4 Å². The smallest absolute Gasteiger partial charge is 0.203 e. The second-order valence-corrected chi connectivity index (χ2v) is 7.57. The van der Waals surface area contributed by atoms with E-state index < -0.39 is 0 Å².